The number of amides is 2. The molecule has 0 aromatic heterocycles. The van der Waals surface area contributed by atoms with Gasteiger partial charge in [-0.15, -0.1) is 0 Å². The molecule has 2 amide bonds. The van der Waals surface area contributed by atoms with E-state index in [9.17, 15) is 18.0 Å². The molecule has 2 aromatic carbocycles. The van der Waals surface area contributed by atoms with Crippen molar-refractivity contribution >= 4 is 27.5 Å². The molecule has 0 radical (unpaired) electrons. The molecular formula is C22H27N3O4S. The Labute approximate surface area is 177 Å². The minimum Gasteiger partial charge on any atom is -0.348 e. The number of benzene rings is 2. The maximum atomic E-state index is 13.0. The first kappa shape index (κ1) is 22.0. The average Bonchev–Trinajstić information content (AvgIpc) is 3.26. The molecule has 0 aliphatic carbocycles. The minimum atomic E-state index is -3.72. The summed E-state index contributed by atoms with van der Waals surface area (Å²) in [6.45, 7) is 3.96. The molecule has 1 aliphatic heterocycles. The number of hydrogen-bond donors (Lipinski definition) is 2. The molecule has 2 atom stereocenters. The van der Waals surface area contributed by atoms with Crippen molar-refractivity contribution in [2.45, 2.75) is 50.1 Å². The lowest BCUT2D eigenvalue weighted by atomic mass is 10.1. The van der Waals surface area contributed by atoms with Crippen LogP contribution in [0.1, 0.15) is 44.7 Å². The Morgan fingerprint density at radius 3 is 2.40 bits per heavy atom. The summed E-state index contributed by atoms with van der Waals surface area (Å²) in [6.07, 6.45) is 1.54. The number of rotatable bonds is 7. The first-order valence-corrected chi connectivity index (χ1v) is 11.5. The summed E-state index contributed by atoms with van der Waals surface area (Å²) in [5, 5.41) is 5.71. The number of nitrogens with zero attached hydrogens (tertiary/aromatic N) is 1. The number of nitrogens with one attached hydrogen (secondary N) is 2. The molecule has 1 saturated heterocycles. The first-order chi connectivity index (χ1) is 14.3. The molecule has 0 saturated carbocycles. The fourth-order valence-electron chi connectivity index (χ4n) is 3.52. The van der Waals surface area contributed by atoms with E-state index >= 15 is 0 Å². The second-order valence-electron chi connectivity index (χ2n) is 7.34. The Bertz CT molecular complexity index is 991. The summed E-state index contributed by atoms with van der Waals surface area (Å²) < 4.78 is 27.2. The van der Waals surface area contributed by atoms with Crippen LogP contribution in [0.3, 0.4) is 0 Å². The van der Waals surface area contributed by atoms with E-state index in [4.69, 9.17) is 0 Å². The van der Waals surface area contributed by atoms with Crippen molar-refractivity contribution in [1.82, 2.24) is 9.62 Å². The summed E-state index contributed by atoms with van der Waals surface area (Å²) in [6, 6.07) is 14.4. The minimum absolute atomic E-state index is 0.0648. The van der Waals surface area contributed by atoms with E-state index in [2.05, 4.69) is 10.6 Å². The lowest BCUT2D eigenvalue weighted by Gasteiger charge is -2.25. The molecule has 30 heavy (non-hydrogen) atoms. The van der Waals surface area contributed by atoms with E-state index in [0.717, 1.165) is 5.56 Å². The van der Waals surface area contributed by atoms with E-state index in [-0.39, 0.29) is 22.8 Å². The van der Waals surface area contributed by atoms with Crippen LogP contribution >= 0.6 is 0 Å². The predicted molar refractivity (Wildman–Crippen MR) is 115 cm³/mol. The zero-order chi connectivity index (χ0) is 21.7. The standard InChI is InChI=1S/C22H27N3O4S/c1-3-21(26)24-18-13-11-17(12-14-18)16(2)23-22(27)20-10-7-15-25(20)30(28,29)19-8-5-4-6-9-19/h4-6,8-9,11-14,16,20H,3,7,10,15H2,1-2H3,(H,23,27)(H,24,26). The molecule has 8 heteroatoms. The molecule has 2 unspecified atom stereocenters. The van der Waals surface area contributed by atoms with Crippen LogP contribution in [-0.2, 0) is 19.6 Å². The Morgan fingerprint density at radius 1 is 1.10 bits per heavy atom. The number of carbonyl (C=O) groups is 2. The lowest BCUT2D eigenvalue weighted by molar-refractivity contribution is -0.124. The van der Waals surface area contributed by atoms with Crippen molar-refractivity contribution in [2.75, 3.05) is 11.9 Å². The molecule has 3 rings (SSSR count). The zero-order valence-electron chi connectivity index (χ0n) is 17.2. The largest absolute Gasteiger partial charge is 0.348 e. The van der Waals surface area contributed by atoms with E-state index in [0.29, 0.717) is 31.5 Å². The van der Waals surface area contributed by atoms with Crippen LogP contribution in [0.25, 0.3) is 0 Å². The van der Waals surface area contributed by atoms with Gasteiger partial charge in [0.05, 0.1) is 10.9 Å². The molecular weight excluding hydrogens is 402 g/mol. The lowest BCUT2D eigenvalue weighted by Crippen LogP contribution is -2.46. The molecule has 1 heterocycles. The van der Waals surface area contributed by atoms with Gasteiger partial charge in [-0.1, -0.05) is 37.3 Å². The molecule has 1 aliphatic rings. The predicted octanol–water partition coefficient (Wildman–Crippen LogP) is 3.07. The summed E-state index contributed by atoms with van der Waals surface area (Å²) in [5.41, 5.74) is 1.56. The molecule has 160 valence electrons. The van der Waals surface area contributed by atoms with Crippen molar-refractivity contribution in [3.05, 3.63) is 60.2 Å². The van der Waals surface area contributed by atoms with Gasteiger partial charge < -0.3 is 10.6 Å². The van der Waals surface area contributed by atoms with Crippen LogP contribution in [-0.4, -0.2) is 37.1 Å². The average molecular weight is 430 g/mol. The summed E-state index contributed by atoms with van der Waals surface area (Å²) in [7, 11) is -3.72. The number of carbonyl (C=O) groups excluding carboxylic acids is 2. The smallest absolute Gasteiger partial charge is 0.243 e. The second kappa shape index (κ2) is 9.40. The van der Waals surface area contributed by atoms with Gasteiger partial charge >= 0.3 is 0 Å². The van der Waals surface area contributed by atoms with E-state index in [1.807, 2.05) is 19.1 Å². The third kappa shape index (κ3) is 4.88. The normalized spacial score (nSPS) is 18.0. The van der Waals surface area contributed by atoms with Crippen LogP contribution < -0.4 is 10.6 Å². The van der Waals surface area contributed by atoms with Crippen molar-refractivity contribution in [3.8, 4) is 0 Å². The fraction of sp³-hybridized carbons (Fsp3) is 0.364. The third-order valence-electron chi connectivity index (χ3n) is 5.23. The number of anilines is 1. The van der Waals surface area contributed by atoms with Crippen molar-refractivity contribution in [2.24, 2.45) is 0 Å². The van der Waals surface area contributed by atoms with Crippen LogP contribution in [0.5, 0.6) is 0 Å². The van der Waals surface area contributed by atoms with Crippen LogP contribution in [0, 0.1) is 0 Å². The summed E-state index contributed by atoms with van der Waals surface area (Å²) in [5.74, 6) is -0.368. The molecule has 2 N–H and O–H groups in total. The highest BCUT2D eigenvalue weighted by Gasteiger charge is 2.39. The van der Waals surface area contributed by atoms with Crippen molar-refractivity contribution in [1.29, 1.82) is 0 Å². The van der Waals surface area contributed by atoms with Gasteiger partial charge in [0.25, 0.3) is 0 Å². The SMILES string of the molecule is CCC(=O)Nc1ccc(C(C)NC(=O)C2CCCN2S(=O)(=O)c2ccccc2)cc1. The second-order valence-corrected chi connectivity index (χ2v) is 9.23. The van der Waals surface area contributed by atoms with Gasteiger partial charge in [-0.3, -0.25) is 9.59 Å². The number of hydrogen-bond acceptors (Lipinski definition) is 4. The third-order valence-corrected chi connectivity index (χ3v) is 7.15. The Kier molecular flexibility index (Phi) is 6.89. The quantitative estimate of drug-likeness (QED) is 0.707. The zero-order valence-corrected chi connectivity index (χ0v) is 18.0. The van der Waals surface area contributed by atoms with Gasteiger partial charge in [-0.2, -0.15) is 4.31 Å². The van der Waals surface area contributed by atoms with Gasteiger partial charge in [0, 0.05) is 18.7 Å². The Morgan fingerprint density at radius 2 is 1.77 bits per heavy atom. The first-order valence-electron chi connectivity index (χ1n) is 10.1. The monoisotopic (exact) mass is 429 g/mol. The maximum absolute atomic E-state index is 13.0. The van der Waals surface area contributed by atoms with E-state index in [1.54, 1.807) is 49.4 Å². The van der Waals surface area contributed by atoms with Crippen molar-refractivity contribution < 1.29 is 18.0 Å². The van der Waals surface area contributed by atoms with Gasteiger partial charge in [-0.25, -0.2) is 8.42 Å². The summed E-state index contributed by atoms with van der Waals surface area (Å²) >= 11 is 0. The highest BCUT2D eigenvalue weighted by atomic mass is 32.2. The van der Waals surface area contributed by atoms with Gasteiger partial charge in [0.1, 0.15) is 6.04 Å². The number of sulfonamides is 1. The molecule has 7 nitrogen and oxygen atoms in total. The highest BCUT2D eigenvalue weighted by molar-refractivity contribution is 7.89. The summed E-state index contributed by atoms with van der Waals surface area (Å²) in [4.78, 5) is 24.6. The Hall–Kier alpha value is -2.71. The van der Waals surface area contributed by atoms with Gasteiger partial charge in [0.15, 0.2) is 0 Å². The van der Waals surface area contributed by atoms with Crippen molar-refractivity contribution in [3.63, 3.8) is 0 Å². The van der Waals surface area contributed by atoms with Crippen LogP contribution in [0.2, 0.25) is 0 Å². The fourth-order valence-corrected chi connectivity index (χ4v) is 5.19. The molecule has 1 fully saturated rings. The Balaban J connectivity index is 1.68. The van der Waals surface area contributed by atoms with Crippen LogP contribution in [0.15, 0.2) is 59.5 Å². The topological polar surface area (TPSA) is 95.6 Å². The van der Waals surface area contributed by atoms with E-state index < -0.39 is 16.1 Å². The van der Waals surface area contributed by atoms with Crippen LogP contribution in [0.4, 0.5) is 5.69 Å². The molecule has 0 spiro atoms. The van der Waals surface area contributed by atoms with Gasteiger partial charge in [0.2, 0.25) is 21.8 Å². The molecule has 0 bridgehead atoms. The molecule has 2 aromatic rings. The maximum Gasteiger partial charge on any atom is 0.243 e. The van der Waals surface area contributed by atoms with Gasteiger partial charge in [-0.05, 0) is 49.6 Å². The highest BCUT2D eigenvalue weighted by Crippen LogP contribution is 2.27. The van der Waals surface area contributed by atoms with E-state index in [1.165, 1.54) is 4.31 Å².